The van der Waals surface area contributed by atoms with Crippen LogP contribution in [0.25, 0.3) is 11.4 Å². The topological polar surface area (TPSA) is 66.9 Å². The van der Waals surface area contributed by atoms with Crippen molar-refractivity contribution < 1.29 is 9.18 Å². The van der Waals surface area contributed by atoms with Gasteiger partial charge in [-0.2, -0.15) is 0 Å². The molecule has 0 atom stereocenters. The summed E-state index contributed by atoms with van der Waals surface area (Å²) in [5.41, 5.74) is 2.08. The largest absolute Gasteiger partial charge is 0.366 e. The molecule has 1 aliphatic carbocycles. The Kier molecular flexibility index (Phi) is 4.78. The van der Waals surface area contributed by atoms with Gasteiger partial charge in [0, 0.05) is 24.2 Å². The molecule has 1 amide bonds. The minimum atomic E-state index is -0.272. The van der Waals surface area contributed by atoms with Gasteiger partial charge in [0.2, 0.25) is 0 Å². The first-order valence-corrected chi connectivity index (χ1v) is 8.91. The van der Waals surface area contributed by atoms with Gasteiger partial charge in [0.25, 0.3) is 5.91 Å². The number of hydrogen-bond donors (Lipinski definition) is 2. The van der Waals surface area contributed by atoms with Crippen LogP contribution in [0.5, 0.6) is 0 Å². The SMILES string of the molecule is O=C(NC1CC1)c1cc(NCc2ccc(F)cc2)nc(-c2ccccc2)n1. The Morgan fingerprint density at radius 2 is 1.78 bits per heavy atom. The number of amides is 1. The highest BCUT2D eigenvalue weighted by atomic mass is 19.1. The van der Waals surface area contributed by atoms with E-state index in [1.165, 1.54) is 12.1 Å². The van der Waals surface area contributed by atoms with Crippen molar-refractivity contribution in [3.63, 3.8) is 0 Å². The minimum absolute atomic E-state index is 0.193. The quantitative estimate of drug-likeness (QED) is 0.700. The molecule has 0 unspecified atom stereocenters. The molecule has 5 nitrogen and oxygen atoms in total. The van der Waals surface area contributed by atoms with Crippen LogP contribution < -0.4 is 10.6 Å². The fourth-order valence-corrected chi connectivity index (χ4v) is 2.65. The van der Waals surface area contributed by atoms with Crippen LogP contribution in [0.4, 0.5) is 10.2 Å². The Labute approximate surface area is 156 Å². The molecule has 0 bridgehead atoms. The first-order valence-electron chi connectivity index (χ1n) is 8.91. The van der Waals surface area contributed by atoms with E-state index in [9.17, 15) is 9.18 Å². The number of nitrogens with one attached hydrogen (secondary N) is 2. The van der Waals surface area contributed by atoms with Gasteiger partial charge in [-0.3, -0.25) is 4.79 Å². The van der Waals surface area contributed by atoms with Gasteiger partial charge in [0.1, 0.15) is 17.3 Å². The number of benzene rings is 2. The second kappa shape index (κ2) is 7.53. The van der Waals surface area contributed by atoms with Gasteiger partial charge in [0.05, 0.1) is 0 Å². The third-order valence-electron chi connectivity index (χ3n) is 4.29. The molecule has 2 aromatic carbocycles. The molecule has 4 rings (SSSR count). The number of halogens is 1. The number of nitrogens with zero attached hydrogens (tertiary/aromatic N) is 2. The van der Waals surface area contributed by atoms with E-state index in [0.29, 0.717) is 23.9 Å². The maximum Gasteiger partial charge on any atom is 0.270 e. The number of anilines is 1. The lowest BCUT2D eigenvalue weighted by atomic mass is 10.2. The maximum atomic E-state index is 13.1. The summed E-state index contributed by atoms with van der Waals surface area (Å²) in [6.07, 6.45) is 2.02. The molecule has 6 heteroatoms. The fraction of sp³-hybridized carbons (Fsp3) is 0.190. The van der Waals surface area contributed by atoms with Crippen molar-refractivity contribution in [2.24, 2.45) is 0 Å². The van der Waals surface area contributed by atoms with Gasteiger partial charge in [-0.1, -0.05) is 42.5 Å². The highest BCUT2D eigenvalue weighted by Gasteiger charge is 2.25. The van der Waals surface area contributed by atoms with Gasteiger partial charge in [-0.25, -0.2) is 14.4 Å². The van der Waals surface area contributed by atoms with E-state index in [-0.39, 0.29) is 17.8 Å². The van der Waals surface area contributed by atoms with E-state index in [4.69, 9.17) is 0 Å². The monoisotopic (exact) mass is 362 g/mol. The molecule has 1 aliphatic rings. The van der Waals surface area contributed by atoms with Crippen molar-refractivity contribution in [3.8, 4) is 11.4 Å². The minimum Gasteiger partial charge on any atom is -0.366 e. The van der Waals surface area contributed by atoms with Gasteiger partial charge in [0.15, 0.2) is 5.82 Å². The molecule has 1 fully saturated rings. The van der Waals surface area contributed by atoms with Crippen molar-refractivity contribution in [2.75, 3.05) is 5.32 Å². The van der Waals surface area contributed by atoms with Crippen LogP contribution in [-0.2, 0) is 6.54 Å². The van der Waals surface area contributed by atoms with Gasteiger partial charge >= 0.3 is 0 Å². The molecular weight excluding hydrogens is 343 g/mol. The molecule has 0 radical (unpaired) electrons. The number of carbonyl (C=O) groups is 1. The molecule has 0 saturated heterocycles. The zero-order valence-electron chi connectivity index (χ0n) is 14.7. The molecule has 1 saturated carbocycles. The Morgan fingerprint density at radius 3 is 2.48 bits per heavy atom. The van der Waals surface area contributed by atoms with E-state index < -0.39 is 0 Å². The Hall–Kier alpha value is -3.28. The number of rotatable bonds is 6. The second-order valence-corrected chi connectivity index (χ2v) is 6.56. The van der Waals surface area contributed by atoms with E-state index in [1.807, 2.05) is 30.3 Å². The summed E-state index contributed by atoms with van der Waals surface area (Å²) < 4.78 is 13.1. The molecule has 1 aromatic heterocycles. The summed E-state index contributed by atoms with van der Waals surface area (Å²) >= 11 is 0. The van der Waals surface area contributed by atoms with Crippen LogP contribution in [0.15, 0.2) is 60.7 Å². The number of aromatic nitrogens is 2. The second-order valence-electron chi connectivity index (χ2n) is 6.56. The molecule has 136 valence electrons. The fourth-order valence-electron chi connectivity index (χ4n) is 2.65. The van der Waals surface area contributed by atoms with Crippen LogP contribution in [-0.4, -0.2) is 21.9 Å². The summed E-state index contributed by atoms with van der Waals surface area (Å²) in [7, 11) is 0. The molecule has 0 aliphatic heterocycles. The summed E-state index contributed by atoms with van der Waals surface area (Å²) in [5, 5.41) is 6.16. The van der Waals surface area contributed by atoms with E-state index in [2.05, 4.69) is 20.6 Å². The van der Waals surface area contributed by atoms with Crippen molar-refractivity contribution in [1.82, 2.24) is 15.3 Å². The molecular formula is C21H19FN4O. The average Bonchev–Trinajstić information content (AvgIpc) is 3.52. The Balaban J connectivity index is 1.60. The van der Waals surface area contributed by atoms with E-state index in [0.717, 1.165) is 24.0 Å². The first kappa shape index (κ1) is 17.1. The molecule has 0 spiro atoms. The Bertz CT molecular complexity index is 940. The summed E-state index contributed by atoms with van der Waals surface area (Å²) in [6, 6.07) is 17.7. The smallest absolute Gasteiger partial charge is 0.270 e. The van der Waals surface area contributed by atoms with E-state index in [1.54, 1.807) is 18.2 Å². The molecule has 2 N–H and O–H groups in total. The van der Waals surface area contributed by atoms with Crippen LogP contribution in [0.3, 0.4) is 0 Å². The number of hydrogen-bond acceptors (Lipinski definition) is 4. The van der Waals surface area contributed by atoms with Gasteiger partial charge < -0.3 is 10.6 Å². The van der Waals surface area contributed by atoms with Crippen molar-refractivity contribution in [2.45, 2.75) is 25.4 Å². The third-order valence-corrected chi connectivity index (χ3v) is 4.29. The lowest BCUT2D eigenvalue weighted by Gasteiger charge is -2.11. The zero-order chi connectivity index (χ0) is 18.6. The third kappa shape index (κ3) is 4.47. The normalized spacial score (nSPS) is 13.2. The lowest BCUT2D eigenvalue weighted by molar-refractivity contribution is 0.0946. The Morgan fingerprint density at radius 1 is 1.04 bits per heavy atom. The van der Waals surface area contributed by atoms with Gasteiger partial charge in [-0.15, -0.1) is 0 Å². The van der Waals surface area contributed by atoms with Gasteiger partial charge in [-0.05, 0) is 30.5 Å². The molecule has 27 heavy (non-hydrogen) atoms. The highest BCUT2D eigenvalue weighted by molar-refractivity contribution is 5.93. The van der Waals surface area contributed by atoms with Crippen molar-refractivity contribution >= 4 is 11.7 Å². The zero-order valence-corrected chi connectivity index (χ0v) is 14.7. The van der Waals surface area contributed by atoms with Crippen LogP contribution in [0.1, 0.15) is 28.9 Å². The average molecular weight is 362 g/mol. The van der Waals surface area contributed by atoms with E-state index >= 15 is 0 Å². The highest BCUT2D eigenvalue weighted by Crippen LogP contribution is 2.21. The summed E-state index contributed by atoms with van der Waals surface area (Å²) in [5.74, 6) is 0.572. The lowest BCUT2D eigenvalue weighted by Crippen LogP contribution is -2.26. The molecule has 1 heterocycles. The van der Waals surface area contributed by atoms with Crippen LogP contribution in [0, 0.1) is 5.82 Å². The predicted molar refractivity (Wildman–Crippen MR) is 102 cm³/mol. The predicted octanol–water partition coefficient (Wildman–Crippen LogP) is 3.79. The van der Waals surface area contributed by atoms with Crippen molar-refractivity contribution in [3.05, 3.63) is 77.7 Å². The maximum absolute atomic E-state index is 13.1. The summed E-state index contributed by atoms with van der Waals surface area (Å²) in [4.78, 5) is 21.4. The first-order chi connectivity index (χ1) is 13.2. The van der Waals surface area contributed by atoms with Crippen molar-refractivity contribution in [1.29, 1.82) is 0 Å². The number of carbonyl (C=O) groups excluding carboxylic acids is 1. The van der Waals surface area contributed by atoms with Crippen LogP contribution >= 0.6 is 0 Å². The van der Waals surface area contributed by atoms with Crippen LogP contribution in [0.2, 0.25) is 0 Å². The standard InChI is InChI=1S/C21H19FN4O/c22-16-8-6-14(7-9-16)13-23-19-12-18(21(27)24-17-10-11-17)25-20(26-19)15-4-2-1-3-5-15/h1-9,12,17H,10-11,13H2,(H,24,27)(H,23,25,26). The summed E-state index contributed by atoms with van der Waals surface area (Å²) in [6.45, 7) is 0.467. The molecule has 3 aromatic rings.